The van der Waals surface area contributed by atoms with Gasteiger partial charge in [-0.15, -0.1) is 0 Å². The van der Waals surface area contributed by atoms with E-state index < -0.39 is 0 Å². The SMILES string of the molecule is O=C(CCC1CCNCC1)c1cccc2cnccc12. The van der Waals surface area contributed by atoms with Crippen LogP contribution in [0.15, 0.2) is 36.7 Å². The first kappa shape index (κ1) is 13.3. The zero-order valence-electron chi connectivity index (χ0n) is 11.6. The van der Waals surface area contributed by atoms with Gasteiger partial charge in [-0.25, -0.2) is 0 Å². The first-order valence-electron chi connectivity index (χ1n) is 7.41. The quantitative estimate of drug-likeness (QED) is 0.866. The fraction of sp³-hybridized carbons (Fsp3) is 0.412. The summed E-state index contributed by atoms with van der Waals surface area (Å²) in [5.41, 5.74) is 0.846. The van der Waals surface area contributed by atoms with Crippen LogP contribution in [0.5, 0.6) is 0 Å². The van der Waals surface area contributed by atoms with Gasteiger partial charge in [-0.1, -0.05) is 18.2 Å². The minimum atomic E-state index is 0.264. The van der Waals surface area contributed by atoms with E-state index in [9.17, 15) is 4.79 Å². The molecule has 20 heavy (non-hydrogen) atoms. The van der Waals surface area contributed by atoms with Crippen LogP contribution < -0.4 is 5.32 Å². The number of hydrogen-bond acceptors (Lipinski definition) is 3. The molecule has 1 saturated heterocycles. The van der Waals surface area contributed by atoms with E-state index in [4.69, 9.17) is 0 Å². The van der Waals surface area contributed by atoms with Crippen LogP contribution in [0.25, 0.3) is 10.8 Å². The standard InChI is InChI=1S/C17H20N2O/c20-17(5-4-13-6-9-18-10-7-13)16-3-1-2-14-12-19-11-8-15(14)16/h1-3,8,11-13,18H,4-7,9-10H2. The molecule has 0 amide bonds. The highest BCUT2D eigenvalue weighted by atomic mass is 16.1. The van der Waals surface area contributed by atoms with Crippen LogP contribution in [0.1, 0.15) is 36.0 Å². The van der Waals surface area contributed by atoms with E-state index >= 15 is 0 Å². The van der Waals surface area contributed by atoms with Gasteiger partial charge in [-0.2, -0.15) is 0 Å². The minimum Gasteiger partial charge on any atom is -0.317 e. The van der Waals surface area contributed by atoms with E-state index in [2.05, 4.69) is 10.3 Å². The largest absolute Gasteiger partial charge is 0.317 e. The summed E-state index contributed by atoms with van der Waals surface area (Å²) in [6, 6.07) is 7.83. The van der Waals surface area contributed by atoms with Crippen molar-refractivity contribution < 1.29 is 4.79 Å². The molecular weight excluding hydrogens is 248 g/mol. The number of hydrogen-bond donors (Lipinski definition) is 1. The molecule has 1 aromatic carbocycles. The number of aromatic nitrogens is 1. The molecule has 1 fully saturated rings. The molecule has 0 saturated carbocycles. The van der Waals surface area contributed by atoms with Crippen LogP contribution in [0.2, 0.25) is 0 Å². The Hall–Kier alpha value is -1.74. The number of fused-ring (bicyclic) bond motifs is 1. The van der Waals surface area contributed by atoms with Crippen molar-refractivity contribution >= 4 is 16.6 Å². The average Bonchev–Trinajstić information content (AvgIpc) is 2.53. The number of ketones is 1. The van der Waals surface area contributed by atoms with E-state index in [1.54, 1.807) is 6.20 Å². The van der Waals surface area contributed by atoms with Gasteiger partial charge in [0.1, 0.15) is 0 Å². The summed E-state index contributed by atoms with van der Waals surface area (Å²) in [5, 5.41) is 5.43. The molecule has 2 aromatic rings. The van der Waals surface area contributed by atoms with E-state index in [1.165, 1.54) is 12.8 Å². The van der Waals surface area contributed by atoms with Crippen LogP contribution >= 0.6 is 0 Å². The lowest BCUT2D eigenvalue weighted by Gasteiger charge is -2.22. The second-order valence-electron chi connectivity index (χ2n) is 5.56. The molecule has 1 aliphatic heterocycles. The number of nitrogens with one attached hydrogen (secondary N) is 1. The molecule has 1 N–H and O–H groups in total. The highest BCUT2D eigenvalue weighted by molar-refractivity contribution is 6.07. The molecule has 0 bridgehead atoms. The summed E-state index contributed by atoms with van der Waals surface area (Å²) < 4.78 is 0. The van der Waals surface area contributed by atoms with Crippen LogP contribution in [-0.4, -0.2) is 23.9 Å². The minimum absolute atomic E-state index is 0.264. The Kier molecular flexibility index (Phi) is 4.07. The molecule has 0 spiro atoms. The average molecular weight is 268 g/mol. The number of carbonyl (C=O) groups excluding carboxylic acids is 1. The molecule has 3 nitrogen and oxygen atoms in total. The van der Waals surface area contributed by atoms with E-state index in [1.807, 2.05) is 30.5 Å². The van der Waals surface area contributed by atoms with Gasteiger partial charge < -0.3 is 5.32 Å². The Morgan fingerprint density at radius 1 is 1.25 bits per heavy atom. The van der Waals surface area contributed by atoms with Crippen LogP contribution in [0.3, 0.4) is 0 Å². The molecule has 1 aromatic heterocycles. The maximum Gasteiger partial charge on any atom is 0.163 e. The third kappa shape index (κ3) is 2.88. The number of rotatable bonds is 4. The normalized spacial score (nSPS) is 16.4. The third-order valence-electron chi connectivity index (χ3n) is 4.22. The lowest BCUT2D eigenvalue weighted by molar-refractivity contribution is 0.0972. The molecule has 0 aliphatic carbocycles. The fourth-order valence-corrected chi connectivity index (χ4v) is 3.01. The summed E-state index contributed by atoms with van der Waals surface area (Å²) in [6.07, 6.45) is 7.65. The van der Waals surface area contributed by atoms with Crippen molar-refractivity contribution in [3.63, 3.8) is 0 Å². The van der Waals surface area contributed by atoms with Gasteiger partial charge >= 0.3 is 0 Å². The summed E-state index contributed by atoms with van der Waals surface area (Å²) in [4.78, 5) is 16.6. The van der Waals surface area contributed by atoms with E-state index in [0.717, 1.165) is 35.8 Å². The van der Waals surface area contributed by atoms with E-state index in [0.29, 0.717) is 12.3 Å². The summed E-state index contributed by atoms with van der Waals surface area (Å²) in [6.45, 7) is 2.19. The van der Waals surface area contributed by atoms with Gasteiger partial charge in [0, 0.05) is 29.8 Å². The zero-order valence-corrected chi connectivity index (χ0v) is 11.6. The Labute approximate surface area is 119 Å². The summed E-state index contributed by atoms with van der Waals surface area (Å²) in [7, 11) is 0. The molecule has 104 valence electrons. The van der Waals surface area contributed by atoms with Crippen molar-refractivity contribution in [3.8, 4) is 0 Å². The number of carbonyl (C=O) groups is 1. The fourth-order valence-electron chi connectivity index (χ4n) is 3.01. The van der Waals surface area contributed by atoms with E-state index in [-0.39, 0.29) is 5.78 Å². The van der Waals surface area contributed by atoms with Gasteiger partial charge in [0.05, 0.1) is 0 Å². The number of piperidine rings is 1. The second kappa shape index (κ2) is 6.14. The van der Waals surface area contributed by atoms with Crippen LogP contribution in [0.4, 0.5) is 0 Å². The molecule has 2 heterocycles. The molecular formula is C17H20N2O. The second-order valence-corrected chi connectivity index (χ2v) is 5.56. The van der Waals surface area contributed by atoms with Crippen molar-refractivity contribution in [1.82, 2.24) is 10.3 Å². The van der Waals surface area contributed by atoms with Gasteiger partial charge in [0.15, 0.2) is 5.78 Å². The lowest BCUT2D eigenvalue weighted by atomic mass is 9.90. The Morgan fingerprint density at radius 3 is 2.95 bits per heavy atom. The Bertz CT molecular complexity index is 597. The predicted molar refractivity (Wildman–Crippen MR) is 80.9 cm³/mol. The van der Waals surface area contributed by atoms with Crippen molar-refractivity contribution in [2.45, 2.75) is 25.7 Å². The zero-order chi connectivity index (χ0) is 13.8. The number of benzene rings is 1. The molecule has 0 radical (unpaired) electrons. The van der Waals surface area contributed by atoms with Crippen LogP contribution in [0, 0.1) is 5.92 Å². The third-order valence-corrected chi connectivity index (χ3v) is 4.22. The van der Waals surface area contributed by atoms with Crippen molar-refractivity contribution in [1.29, 1.82) is 0 Å². The summed E-state index contributed by atoms with van der Waals surface area (Å²) in [5.74, 6) is 0.970. The van der Waals surface area contributed by atoms with Crippen molar-refractivity contribution in [2.24, 2.45) is 5.92 Å². The maximum absolute atomic E-state index is 12.5. The monoisotopic (exact) mass is 268 g/mol. The topological polar surface area (TPSA) is 42.0 Å². The number of Topliss-reactive ketones (excluding diaryl/α,β-unsaturated/α-hetero) is 1. The van der Waals surface area contributed by atoms with Crippen molar-refractivity contribution in [3.05, 3.63) is 42.2 Å². The first-order valence-corrected chi connectivity index (χ1v) is 7.41. The lowest BCUT2D eigenvalue weighted by Crippen LogP contribution is -2.28. The van der Waals surface area contributed by atoms with Crippen molar-refractivity contribution in [2.75, 3.05) is 13.1 Å². The summed E-state index contributed by atoms with van der Waals surface area (Å²) >= 11 is 0. The highest BCUT2D eigenvalue weighted by Crippen LogP contribution is 2.23. The molecule has 0 unspecified atom stereocenters. The van der Waals surface area contributed by atoms with Gasteiger partial charge in [0.2, 0.25) is 0 Å². The van der Waals surface area contributed by atoms with Gasteiger partial charge in [0.25, 0.3) is 0 Å². The molecule has 1 aliphatic rings. The highest BCUT2D eigenvalue weighted by Gasteiger charge is 2.16. The predicted octanol–water partition coefficient (Wildman–Crippen LogP) is 3.20. The van der Waals surface area contributed by atoms with Gasteiger partial charge in [-0.3, -0.25) is 9.78 Å². The van der Waals surface area contributed by atoms with Crippen LogP contribution in [-0.2, 0) is 0 Å². The van der Waals surface area contributed by atoms with Gasteiger partial charge in [-0.05, 0) is 49.7 Å². The smallest absolute Gasteiger partial charge is 0.163 e. The number of nitrogens with zero attached hydrogens (tertiary/aromatic N) is 1. The number of pyridine rings is 1. The molecule has 3 rings (SSSR count). The Morgan fingerprint density at radius 2 is 2.10 bits per heavy atom. The molecule has 3 heteroatoms. The molecule has 0 atom stereocenters. The first-order chi connectivity index (χ1) is 9.84. The maximum atomic E-state index is 12.5. The Balaban J connectivity index is 1.72.